The minimum Gasteiger partial charge on any atom is -0.507 e. The topological polar surface area (TPSA) is 177 Å². The van der Waals surface area contributed by atoms with E-state index in [-0.39, 0.29) is 30.2 Å². The SMILES string of the molecule is CC(C)[C@@H]1NC(=O)c2cc(ccc2O)Oc2ccc(cc2)C[C@@H](C(=O)NCc2ccc(-n3cncn3)cc2)NC(=O)[C@H](C)NC1=O. The summed E-state index contributed by atoms with van der Waals surface area (Å²) in [5.74, 6) is -2.15. The molecule has 3 atom stereocenters. The monoisotopic (exact) mass is 625 g/mol. The molecule has 1 aromatic heterocycles. The fourth-order valence-corrected chi connectivity index (χ4v) is 4.88. The largest absolute Gasteiger partial charge is 0.507 e. The minimum absolute atomic E-state index is 0.0699. The Bertz CT molecular complexity index is 1710. The normalized spacial score (nSPS) is 18.9. The van der Waals surface area contributed by atoms with Crippen LogP contribution in [0.1, 0.15) is 42.3 Å². The van der Waals surface area contributed by atoms with Gasteiger partial charge in [-0.15, -0.1) is 0 Å². The van der Waals surface area contributed by atoms with Crippen LogP contribution in [0.15, 0.2) is 79.4 Å². The zero-order valence-corrected chi connectivity index (χ0v) is 25.6. The maximum Gasteiger partial charge on any atom is 0.255 e. The van der Waals surface area contributed by atoms with E-state index in [1.165, 1.54) is 31.5 Å². The average molecular weight is 626 g/mol. The molecule has 3 heterocycles. The van der Waals surface area contributed by atoms with Crippen LogP contribution in [-0.4, -0.2) is 61.6 Å². The van der Waals surface area contributed by atoms with Crippen LogP contribution in [0.4, 0.5) is 0 Å². The number of benzene rings is 3. The highest BCUT2D eigenvalue weighted by molar-refractivity contribution is 6.00. The van der Waals surface area contributed by atoms with Crippen LogP contribution >= 0.6 is 0 Å². The molecular weight excluding hydrogens is 590 g/mol. The van der Waals surface area contributed by atoms with Gasteiger partial charge in [-0.25, -0.2) is 9.67 Å². The van der Waals surface area contributed by atoms with E-state index in [2.05, 4.69) is 31.3 Å². The highest BCUT2D eigenvalue weighted by atomic mass is 16.5. The van der Waals surface area contributed by atoms with Gasteiger partial charge < -0.3 is 31.1 Å². The highest BCUT2D eigenvalue weighted by Gasteiger charge is 2.30. The molecule has 13 heteroatoms. The first-order valence-electron chi connectivity index (χ1n) is 14.8. The maximum absolute atomic E-state index is 13.4. The molecule has 3 aromatic carbocycles. The zero-order chi connectivity index (χ0) is 32.8. The molecule has 46 heavy (non-hydrogen) atoms. The fourth-order valence-electron chi connectivity index (χ4n) is 4.88. The number of phenols is 1. The lowest BCUT2D eigenvalue weighted by molar-refractivity contribution is -0.132. The van der Waals surface area contributed by atoms with Crippen molar-refractivity contribution in [1.29, 1.82) is 0 Å². The number of phenolic OH excluding ortho intramolecular Hbond substituents is 1. The van der Waals surface area contributed by atoms with Crippen LogP contribution in [0.5, 0.6) is 17.2 Å². The molecule has 0 saturated heterocycles. The Balaban J connectivity index is 1.38. The van der Waals surface area contributed by atoms with Gasteiger partial charge in [0.05, 0.1) is 11.3 Å². The molecule has 13 nitrogen and oxygen atoms in total. The van der Waals surface area contributed by atoms with Gasteiger partial charge in [0.1, 0.15) is 48.0 Å². The number of amides is 4. The summed E-state index contributed by atoms with van der Waals surface area (Å²) in [7, 11) is 0. The van der Waals surface area contributed by atoms with Crippen LogP contribution in [0, 0.1) is 5.92 Å². The molecule has 0 aliphatic carbocycles. The Hall–Kier alpha value is -5.72. The van der Waals surface area contributed by atoms with E-state index in [4.69, 9.17) is 4.74 Å². The van der Waals surface area contributed by atoms with Crippen LogP contribution in [0.3, 0.4) is 0 Å². The third kappa shape index (κ3) is 7.67. The summed E-state index contributed by atoms with van der Waals surface area (Å²) >= 11 is 0. The Labute approximate surface area is 265 Å². The number of carbonyl (C=O) groups is 4. The van der Waals surface area contributed by atoms with E-state index in [0.717, 1.165) is 16.8 Å². The number of nitrogens with zero attached hydrogens (tertiary/aromatic N) is 3. The number of hydrogen-bond acceptors (Lipinski definition) is 8. The van der Waals surface area contributed by atoms with Gasteiger partial charge in [-0.05, 0) is 66.4 Å². The number of ether oxygens (including phenoxy) is 1. The third-order valence-corrected chi connectivity index (χ3v) is 7.52. The molecule has 0 spiro atoms. The van der Waals surface area contributed by atoms with Gasteiger partial charge >= 0.3 is 0 Å². The third-order valence-electron chi connectivity index (χ3n) is 7.52. The van der Waals surface area contributed by atoms with Crippen molar-refractivity contribution in [2.75, 3.05) is 0 Å². The lowest BCUT2D eigenvalue weighted by Gasteiger charge is -2.25. The predicted octanol–water partition coefficient (Wildman–Crippen LogP) is 2.38. The number of nitrogens with one attached hydrogen (secondary N) is 4. The smallest absolute Gasteiger partial charge is 0.255 e. The second kappa shape index (κ2) is 13.9. The maximum atomic E-state index is 13.4. The Morgan fingerprint density at radius 3 is 2.37 bits per heavy atom. The minimum atomic E-state index is -1.03. The van der Waals surface area contributed by atoms with E-state index < -0.39 is 41.8 Å². The number of aromatic hydroxyl groups is 1. The van der Waals surface area contributed by atoms with Crippen molar-refractivity contribution in [3.63, 3.8) is 0 Å². The molecule has 0 fully saturated rings. The van der Waals surface area contributed by atoms with Gasteiger partial charge in [-0.3, -0.25) is 19.2 Å². The molecule has 5 N–H and O–H groups in total. The summed E-state index contributed by atoms with van der Waals surface area (Å²) in [5, 5.41) is 25.4. The molecule has 0 unspecified atom stereocenters. The molecule has 4 bridgehead atoms. The quantitative estimate of drug-likeness (QED) is 0.210. The lowest BCUT2D eigenvalue weighted by Crippen LogP contribution is -2.57. The second-order valence-corrected chi connectivity index (χ2v) is 11.3. The summed E-state index contributed by atoms with van der Waals surface area (Å²) < 4.78 is 7.53. The van der Waals surface area contributed by atoms with Gasteiger partial charge in [-0.1, -0.05) is 38.1 Å². The van der Waals surface area contributed by atoms with Gasteiger partial charge in [0.15, 0.2) is 0 Å². The van der Waals surface area contributed by atoms with Gasteiger partial charge in [-0.2, -0.15) is 5.10 Å². The van der Waals surface area contributed by atoms with Crippen molar-refractivity contribution >= 4 is 23.6 Å². The molecule has 4 aromatic rings. The predicted molar refractivity (Wildman–Crippen MR) is 167 cm³/mol. The molecule has 0 radical (unpaired) electrons. The van der Waals surface area contributed by atoms with Crippen LogP contribution in [0.25, 0.3) is 5.69 Å². The average Bonchev–Trinajstić information content (AvgIpc) is 3.58. The molecule has 6 rings (SSSR count). The summed E-state index contributed by atoms with van der Waals surface area (Å²) in [6.07, 6.45) is 3.19. The summed E-state index contributed by atoms with van der Waals surface area (Å²) in [6, 6.07) is 15.6. The van der Waals surface area contributed by atoms with Crippen molar-refractivity contribution in [2.24, 2.45) is 5.92 Å². The standard InChI is InChI=1S/C33H35N7O6/c1-19(2)29-33(45)37-20(3)30(42)38-27(32(44)35-16-22-4-8-23(9-5-22)40-18-34-17-36-40)14-21-6-10-24(11-7-21)46-25-12-13-28(41)26(15-25)31(43)39-29/h4-13,15,17-20,27,29,41H,14,16H2,1-3H3,(H,35,44)(H,37,45)(H,38,42)(H,39,43)/t20-,27-,29-/m0/s1. The number of aromatic nitrogens is 3. The first-order chi connectivity index (χ1) is 22.1. The van der Waals surface area contributed by atoms with Crippen molar-refractivity contribution in [2.45, 2.75) is 51.9 Å². The molecule has 238 valence electrons. The highest BCUT2D eigenvalue weighted by Crippen LogP contribution is 2.28. The Morgan fingerprint density at radius 1 is 0.978 bits per heavy atom. The number of rotatable bonds is 5. The zero-order valence-electron chi connectivity index (χ0n) is 25.6. The number of carbonyl (C=O) groups excluding carboxylic acids is 4. The van der Waals surface area contributed by atoms with Crippen molar-refractivity contribution in [3.8, 4) is 22.9 Å². The lowest BCUT2D eigenvalue weighted by atomic mass is 10.0. The summed E-state index contributed by atoms with van der Waals surface area (Å²) in [6.45, 7) is 5.20. The molecule has 2 aliphatic heterocycles. The van der Waals surface area contributed by atoms with E-state index in [1.807, 2.05) is 24.3 Å². The molecule has 0 saturated carbocycles. The van der Waals surface area contributed by atoms with E-state index >= 15 is 0 Å². The summed E-state index contributed by atoms with van der Waals surface area (Å²) in [4.78, 5) is 57.0. The first-order valence-corrected chi connectivity index (χ1v) is 14.8. The second-order valence-electron chi connectivity index (χ2n) is 11.3. The first kappa shape index (κ1) is 31.7. The van der Waals surface area contributed by atoms with Crippen LogP contribution in [0.2, 0.25) is 0 Å². The van der Waals surface area contributed by atoms with E-state index in [9.17, 15) is 24.3 Å². The fraction of sp³-hybridized carbons (Fsp3) is 0.273. The van der Waals surface area contributed by atoms with Gasteiger partial charge in [0.25, 0.3) is 5.91 Å². The van der Waals surface area contributed by atoms with E-state index in [0.29, 0.717) is 11.5 Å². The molecule has 2 aliphatic rings. The van der Waals surface area contributed by atoms with E-state index in [1.54, 1.807) is 49.1 Å². The Kier molecular flexibility index (Phi) is 9.60. The van der Waals surface area contributed by atoms with Crippen LogP contribution in [-0.2, 0) is 27.3 Å². The number of fused-ring (bicyclic) bond motifs is 11. The summed E-state index contributed by atoms with van der Waals surface area (Å²) in [5.41, 5.74) is 2.33. The van der Waals surface area contributed by atoms with Gasteiger partial charge in [0, 0.05) is 13.0 Å². The van der Waals surface area contributed by atoms with Crippen molar-refractivity contribution < 1.29 is 29.0 Å². The van der Waals surface area contributed by atoms with Crippen molar-refractivity contribution in [1.82, 2.24) is 36.0 Å². The Morgan fingerprint density at radius 2 is 1.70 bits per heavy atom. The van der Waals surface area contributed by atoms with Crippen LogP contribution < -0.4 is 26.0 Å². The van der Waals surface area contributed by atoms with Gasteiger partial charge in [0.2, 0.25) is 17.7 Å². The number of hydrogen-bond donors (Lipinski definition) is 5. The van der Waals surface area contributed by atoms with Crippen molar-refractivity contribution in [3.05, 3.63) is 96.1 Å². The molecular formula is C33H35N7O6. The molecule has 4 amide bonds.